The van der Waals surface area contributed by atoms with Gasteiger partial charge in [0.25, 0.3) is 0 Å². The number of fused-ring (bicyclic) bond motifs is 2. The molecule has 0 unspecified atom stereocenters. The van der Waals surface area contributed by atoms with Crippen molar-refractivity contribution in [3.05, 3.63) is 35.7 Å². The number of aromatic nitrogens is 4. The molecule has 1 saturated heterocycles. The van der Waals surface area contributed by atoms with Crippen molar-refractivity contribution in [3.8, 4) is 0 Å². The third-order valence-corrected chi connectivity index (χ3v) is 8.06. The van der Waals surface area contributed by atoms with Gasteiger partial charge in [0.05, 0.1) is 11.4 Å². The third-order valence-electron chi connectivity index (χ3n) is 8.06. The van der Waals surface area contributed by atoms with E-state index in [0.717, 1.165) is 50.3 Å². The molecule has 0 aromatic carbocycles. The number of carboxylic acid groups (broad SMARTS) is 2. The summed E-state index contributed by atoms with van der Waals surface area (Å²) in [5, 5.41) is 14.2. The van der Waals surface area contributed by atoms with Crippen LogP contribution in [0.25, 0.3) is 0 Å². The highest BCUT2D eigenvalue weighted by molar-refractivity contribution is 5.73. The minimum Gasteiger partial charge on any atom is -0.475 e. The second-order valence-corrected chi connectivity index (χ2v) is 11.5. The Labute approximate surface area is 243 Å². The van der Waals surface area contributed by atoms with Crippen LogP contribution >= 0.6 is 0 Å². The number of aliphatic carboxylic acids is 2. The number of hydrogen-bond acceptors (Lipinski definition) is 7. The van der Waals surface area contributed by atoms with Gasteiger partial charge in [-0.3, -0.25) is 4.90 Å². The van der Waals surface area contributed by atoms with E-state index in [1.807, 2.05) is 18.5 Å². The van der Waals surface area contributed by atoms with Gasteiger partial charge in [0.2, 0.25) is 5.95 Å². The monoisotopic (exact) mass is 620 g/mol. The van der Waals surface area contributed by atoms with Crippen LogP contribution in [0, 0.1) is 18.8 Å². The molecule has 0 amide bonds. The molecule has 4 heterocycles. The van der Waals surface area contributed by atoms with E-state index in [1.54, 1.807) is 0 Å². The lowest BCUT2D eigenvalue weighted by molar-refractivity contribution is -0.193. The van der Waals surface area contributed by atoms with E-state index in [1.165, 1.54) is 62.5 Å². The quantitative estimate of drug-likeness (QED) is 0.468. The first-order valence-corrected chi connectivity index (χ1v) is 14.0. The molecule has 16 heteroatoms. The van der Waals surface area contributed by atoms with Crippen molar-refractivity contribution in [2.45, 2.75) is 76.3 Å². The van der Waals surface area contributed by atoms with Crippen LogP contribution in [0.15, 0.2) is 18.5 Å². The Morgan fingerprint density at radius 1 is 0.907 bits per heavy atom. The van der Waals surface area contributed by atoms with Gasteiger partial charge in [-0.15, -0.1) is 0 Å². The number of halogens is 6. The standard InChI is InChI=1S/C23H32N6.2C2HF3O2/c1-17-26-21-20(29(17)14-19-5-6-19)15-27(13-18-3-4-18)16-23(21)7-11-28(12-8-23)22-24-9-2-10-25-22;2*3-2(4,5)1(6)7/h2,9-10,18-19H,3-8,11-16H2,1H3;2*(H,6,7). The first-order chi connectivity index (χ1) is 20.1. The lowest BCUT2D eigenvalue weighted by atomic mass is 9.72. The topological polar surface area (TPSA) is 125 Å². The largest absolute Gasteiger partial charge is 0.490 e. The minimum atomic E-state index is -5.08. The zero-order valence-corrected chi connectivity index (χ0v) is 23.5. The first-order valence-electron chi connectivity index (χ1n) is 14.0. The van der Waals surface area contributed by atoms with Gasteiger partial charge in [0.15, 0.2) is 0 Å². The molecule has 2 aliphatic carbocycles. The molecule has 2 saturated carbocycles. The normalized spacial score (nSPS) is 19.9. The second kappa shape index (κ2) is 12.7. The molecule has 43 heavy (non-hydrogen) atoms. The molecule has 10 nitrogen and oxygen atoms in total. The van der Waals surface area contributed by atoms with Crippen LogP contribution in [-0.4, -0.2) is 85.1 Å². The first kappa shape index (κ1) is 32.5. The smallest absolute Gasteiger partial charge is 0.475 e. The van der Waals surface area contributed by atoms with Crippen molar-refractivity contribution in [1.82, 2.24) is 24.4 Å². The fourth-order valence-electron chi connectivity index (χ4n) is 5.55. The molecule has 4 aliphatic rings. The predicted octanol–water partition coefficient (Wildman–Crippen LogP) is 4.42. The summed E-state index contributed by atoms with van der Waals surface area (Å²) in [4.78, 5) is 37.1. The number of carbonyl (C=O) groups is 2. The number of anilines is 1. The maximum absolute atomic E-state index is 10.6. The molecular weight excluding hydrogens is 586 g/mol. The summed E-state index contributed by atoms with van der Waals surface area (Å²) in [6, 6.07) is 1.90. The van der Waals surface area contributed by atoms with Gasteiger partial charge in [-0.05, 0) is 63.4 Å². The summed E-state index contributed by atoms with van der Waals surface area (Å²) in [5.41, 5.74) is 3.16. The highest BCUT2D eigenvalue weighted by atomic mass is 19.4. The molecule has 2 aromatic heterocycles. The summed E-state index contributed by atoms with van der Waals surface area (Å²) < 4.78 is 66.1. The third kappa shape index (κ3) is 8.57. The van der Waals surface area contributed by atoms with E-state index in [0.29, 0.717) is 0 Å². The molecule has 0 atom stereocenters. The Balaban J connectivity index is 0.000000254. The zero-order valence-electron chi connectivity index (χ0n) is 23.5. The van der Waals surface area contributed by atoms with Crippen molar-refractivity contribution >= 4 is 17.9 Å². The molecule has 1 spiro atoms. The van der Waals surface area contributed by atoms with Crippen LogP contribution in [0.3, 0.4) is 0 Å². The molecule has 3 fully saturated rings. The van der Waals surface area contributed by atoms with Gasteiger partial charge < -0.3 is 19.7 Å². The Hall–Kier alpha value is -3.43. The van der Waals surface area contributed by atoms with E-state index >= 15 is 0 Å². The maximum Gasteiger partial charge on any atom is 0.490 e. The number of alkyl halides is 6. The fourth-order valence-corrected chi connectivity index (χ4v) is 5.55. The number of carboxylic acids is 2. The number of aryl methyl sites for hydroxylation is 1. The highest BCUT2D eigenvalue weighted by Crippen LogP contribution is 2.44. The Morgan fingerprint density at radius 2 is 1.40 bits per heavy atom. The average Bonchev–Trinajstić information content (AvgIpc) is 3.86. The molecule has 238 valence electrons. The lowest BCUT2D eigenvalue weighted by Gasteiger charge is -2.47. The summed E-state index contributed by atoms with van der Waals surface area (Å²) in [5.74, 6) is -1.57. The van der Waals surface area contributed by atoms with E-state index in [-0.39, 0.29) is 5.41 Å². The van der Waals surface area contributed by atoms with Crippen LogP contribution in [0.5, 0.6) is 0 Å². The molecular formula is C27H34F6N6O4. The molecule has 2 N–H and O–H groups in total. The molecule has 6 rings (SSSR count). The van der Waals surface area contributed by atoms with Gasteiger partial charge >= 0.3 is 24.3 Å². The minimum absolute atomic E-state index is 0.202. The predicted molar refractivity (Wildman–Crippen MR) is 140 cm³/mol. The number of piperidine rings is 1. The Kier molecular flexibility index (Phi) is 9.57. The van der Waals surface area contributed by atoms with Gasteiger partial charge in [-0.2, -0.15) is 26.3 Å². The van der Waals surface area contributed by atoms with Crippen LogP contribution in [0.2, 0.25) is 0 Å². The van der Waals surface area contributed by atoms with E-state index in [2.05, 4.69) is 31.3 Å². The number of imidazole rings is 1. The fraction of sp³-hybridized carbons (Fsp3) is 0.667. The Bertz CT molecular complexity index is 1250. The van der Waals surface area contributed by atoms with Crippen LogP contribution in [0.1, 0.15) is 55.7 Å². The maximum atomic E-state index is 10.6. The van der Waals surface area contributed by atoms with Crippen LogP contribution < -0.4 is 4.90 Å². The number of nitrogens with zero attached hydrogens (tertiary/aromatic N) is 6. The molecule has 2 aromatic rings. The van der Waals surface area contributed by atoms with Gasteiger partial charge in [0.1, 0.15) is 5.82 Å². The second-order valence-electron chi connectivity index (χ2n) is 11.5. The highest BCUT2D eigenvalue weighted by Gasteiger charge is 2.46. The number of hydrogen-bond donors (Lipinski definition) is 2. The Morgan fingerprint density at radius 3 is 1.86 bits per heavy atom. The molecule has 0 radical (unpaired) electrons. The average molecular weight is 621 g/mol. The SMILES string of the molecule is Cc1nc2c(n1CC1CC1)CN(CC1CC1)CC21CCN(c2ncccn2)CC1.O=C(O)C(F)(F)F.O=C(O)C(F)(F)F. The van der Waals surface area contributed by atoms with Gasteiger partial charge in [-0.25, -0.2) is 24.5 Å². The molecule has 2 aliphatic heterocycles. The van der Waals surface area contributed by atoms with Crippen LogP contribution in [0.4, 0.5) is 32.3 Å². The summed E-state index contributed by atoms with van der Waals surface area (Å²) in [7, 11) is 0. The zero-order chi connectivity index (χ0) is 31.6. The summed E-state index contributed by atoms with van der Waals surface area (Å²) in [6.45, 7) is 9.02. The van der Waals surface area contributed by atoms with E-state index in [4.69, 9.17) is 24.8 Å². The van der Waals surface area contributed by atoms with Crippen molar-refractivity contribution in [1.29, 1.82) is 0 Å². The van der Waals surface area contributed by atoms with Crippen molar-refractivity contribution in [2.24, 2.45) is 11.8 Å². The van der Waals surface area contributed by atoms with Crippen LogP contribution in [-0.2, 0) is 28.1 Å². The summed E-state index contributed by atoms with van der Waals surface area (Å²) in [6.07, 6.45) is 1.49. The van der Waals surface area contributed by atoms with E-state index in [9.17, 15) is 26.3 Å². The lowest BCUT2D eigenvalue weighted by Crippen LogP contribution is -2.53. The van der Waals surface area contributed by atoms with Crippen molar-refractivity contribution < 1.29 is 46.1 Å². The van der Waals surface area contributed by atoms with Gasteiger partial charge in [0, 0.05) is 57.1 Å². The van der Waals surface area contributed by atoms with Crippen molar-refractivity contribution in [3.63, 3.8) is 0 Å². The summed E-state index contributed by atoms with van der Waals surface area (Å²) >= 11 is 0. The van der Waals surface area contributed by atoms with Gasteiger partial charge in [-0.1, -0.05) is 0 Å². The van der Waals surface area contributed by atoms with Crippen molar-refractivity contribution in [2.75, 3.05) is 31.1 Å². The molecule has 0 bridgehead atoms. The van der Waals surface area contributed by atoms with E-state index < -0.39 is 24.3 Å². The number of rotatable bonds is 5.